The van der Waals surface area contributed by atoms with Crippen LogP contribution in [0.5, 0.6) is 0 Å². The molecule has 0 radical (unpaired) electrons. The molecular weight excluding hydrogens is 851 g/mol. The molecule has 0 fully saturated rings. The van der Waals surface area contributed by atoms with Gasteiger partial charge in [0.15, 0.2) is 0 Å². The maximum Gasteiger partial charge on any atom is 0.220 e. The number of hydrogen-bond donors (Lipinski definition) is 0. The molecule has 68 heavy (non-hydrogen) atoms. The van der Waals surface area contributed by atoms with Crippen LogP contribution in [0.15, 0.2) is 193 Å². The Balaban J connectivity index is 1.25. The summed E-state index contributed by atoms with van der Waals surface area (Å²) in [6.45, 7) is 9.32. The molecule has 0 saturated heterocycles. The predicted molar refractivity (Wildman–Crippen MR) is 281 cm³/mol. The van der Waals surface area contributed by atoms with Crippen molar-refractivity contribution in [2.24, 2.45) is 0 Å². The second-order valence-corrected chi connectivity index (χ2v) is 18.5. The van der Waals surface area contributed by atoms with Crippen LogP contribution in [0.1, 0.15) is 5.56 Å². The first-order valence-corrected chi connectivity index (χ1v) is 23.4. The van der Waals surface area contributed by atoms with Crippen LogP contribution in [0.25, 0.3) is 146 Å². The summed E-state index contributed by atoms with van der Waals surface area (Å²) >= 11 is 1.76. The normalized spacial score (nSPS) is 12.1. The maximum absolute atomic E-state index is 12.0. The van der Waals surface area contributed by atoms with E-state index < -0.39 is 0 Å². The monoisotopic (exact) mass is 881 g/mol. The minimum absolute atomic E-state index is 0.396. The van der Waals surface area contributed by atoms with Crippen LogP contribution in [-0.4, -0.2) is 14.1 Å². The minimum Gasteiger partial charge on any atom is -0.455 e. The Labute approximate surface area is 391 Å². The molecule has 6 nitrogen and oxygen atoms in total. The van der Waals surface area contributed by atoms with E-state index in [1.165, 1.54) is 10.1 Å². The molecule has 5 aromatic heterocycles. The van der Waals surface area contributed by atoms with E-state index in [-0.39, 0.29) is 0 Å². The largest absolute Gasteiger partial charge is 0.455 e. The van der Waals surface area contributed by atoms with E-state index in [1.807, 2.05) is 72.9 Å². The van der Waals surface area contributed by atoms with Gasteiger partial charge in [0, 0.05) is 70.5 Å². The second kappa shape index (κ2) is 13.6. The summed E-state index contributed by atoms with van der Waals surface area (Å²) in [5.41, 5.74) is 11.6. The summed E-state index contributed by atoms with van der Waals surface area (Å²) in [7, 11) is 0. The number of nitriles is 1. The Morgan fingerprint density at radius 2 is 1.15 bits per heavy atom. The topological polar surface area (TPSA) is 64.0 Å². The van der Waals surface area contributed by atoms with Gasteiger partial charge in [0.1, 0.15) is 17.2 Å². The van der Waals surface area contributed by atoms with Crippen LogP contribution in [0, 0.1) is 17.9 Å². The fourth-order valence-electron chi connectivity index (χ4n) is 11.5. The van der Waals surface area contributed by atoms with Gasteiger partial charge >= 0.3 is 0 Å². The molecule has 15 aromatic rings. The molecular formula is C61H31N5OS. The second-order valence-electron chi connectivity index (χ2n) is 17.5. The molecule has 312 valence electrons. The van der Waals surface area contributed by atoms with E-state index in [2.05, 4.69) is 135 Å². The van der Waals surface area contributed by atoms with Crippen molar-refractivity contribution in [3.63, 3.8) is 0 Å². The highest BCUT2D eigenvalue weighted by Gasteiger charge is 2.33. The van der Waals surface area contributed by atoms with Gasteiger partial charge in [-0.25, -0.2) is 4.85 Å². The molecule has 0 amide bonds. The lowest BCUT2D eigenvalue weighted by Gasteiger charge is -2.25. The smallest absolute Gasteiger partial charge is 0.220 e. The molecule has 0 unspecified atom stereocenters. The van der Waals surface area contributed by atoms with Crippen LogP contribution >= 0.6 is 11.3 Å². The zero-order valence-electron chi connectivity index (χ0n) is 36.0. The molecule has 0 aliphatic heterocycles. The summed E-state index contributed by atoms with van der Waals surface area (Å²) in [5, 5.41) is 23.8. The lowest BCUT2D eigenvalue weighted by molar-refractivity contribution is 0.673. The van der Waals surface area contributed by atoms with Crippen LogP contribution < -0.4 is 0 Å². The quantitative estimate of drug-likeness (QED) is 0.131. The zero-order valence-corrected chi connectivity index (χ0v) is 36.8. The minimum atomic E-state index is 0.396. The molecule has 0 N–H and O–H groups in total. The molecule has 0 bridgehead atoms. The van der Waals surface area contributed by atoms with E-state index >= 15 is 0 Å². The maximum atomic E-state index is 12.0. The number of fused-ring (bicyclic) bond motifs is 14. The number of benzene rings is 10. The van der Waals surface area contributed by atoms with Crippen molar-refractivity contribution in [2.45, 2.75) is 0 Å². The number of aromatic nitrogens is 3. The number of furan rings is 1. The molecule has 7 heteroatoms. The molecule has 0 spiro atoms. The third kappa shape index (κ3) is 4.69. The average Bonchev–Trinajstić information content (AvgIpc) is 4.16. The lowest BCUT2D eigenvalue weighted by Crippen LogP contribution is -2.08. The standard InChI is InChI=1S/C61H31N5OS/c1-63-56-50(34-15-4-2-5-16-34)44(33-62)57(51(35-17-6-3-7-18-35)59(56)65-45-24-12-21-38-39-23-14-32-64-55(39)42-22-13-25-46(65)53(42)52(38)45)66-47-31-30-40-36-19-8-10-26-48(36)67-60(40)54(47)43-29-28-41-37-20-9-11-27-49(37)68-61(41)58(43)66/h2-32H. The van der Waals surface area contributed by atoms with E-state index in [0.717, 1.165) is 114 Å². The SMILES string of the molecule is [C-]#[N+]c1c(-c2ccccc2)c(C#N)c(-n2c3ccc4c5ccccc5oc4c3c3ccc4c5ccccc5sc4c32)c(-c2ccccc2)c1-n1c2cccc3c4cccnc4c4cccc1c4c32. The van der Waals surface area contributed by atoms with Gasteiger partial charge in [-0.3, -0.25) is 4.98 Å². The van der Waals surface area contributed by atoms with Crippen molar-refractivity contribution < 1.29 is 4.42 Å². The fraction of sp³-hybridized carbons (Fsp3) is 0. The molecule has 0 saturated carbocycles. The van der Waals surface area contributed by atoms with Gasteiger partial charge in [0.25, 0.3) is 0 Å². The Kier molecular flexibility index (Phi) is 7.42. The van der Waals surface area contributed by atoms with Gasteiger partial charge in [0.05, 0.1) is 61.2 Å². The van der Waals surface area contributed by atoms with Crippen LogP contribution in [-0.2, 0) is 0 Å². The molecule has 0 atom stereocenters. The van der Waals surface area contributed by atoms with Gasteiger partial charge in [-0.05, 0) is 59.0 Å². The molecule has 0 aliphatic carbocycles. The number of rotatable bonds is 4. The Bertz CT molecular complexity index is 4660. The van der Waals surface area contributed by atoms with Crippen molar-refractivity contribution in [1.29, 1.82) is 5.26 Å². The Hall–Kier alpha value is -9.27. The van der Waals surface area contributed by atoms with Gasteiger partial charge in [-0.1, -0.05) is 140 Å². The van der Waals surface area contributed by atoms with Gasteiger partial charge in [0.2, 0.25) is 5.69 Å². The third-order valence-electron chi connectivity index (χ3n) is 14.2. The Morgan fingerprint density at radius 1 is 0.515 bits per heavy atom. The van der Waals surface area contributed by atoms with Crippen LogP contribution in [0.4, 0.5) is 5.69 Å². The highest BCUT2D eigenvalue weighted by atomic mass is 32.1. The number of para-hydroxylation sites is 1. The van der Waals surface area contributed by atoms with E-state index in [1.54, 1.807) is 11.3 Å². The van der Waals surface area contributed by atoms with Gasteiger partial charge < -0.3 is 13.6 Å². The fourth-order valence-corrected chi connectivity index (χ4v) is 12.8. The van der Waals surface area contributed by atoms with E-state index in [4.69, 9.17) is 9.40 Å². The summed E-state index contributed by atoms with van der Waals surface area (Å²) < 4.78 is 13.8. The van der Waals surface area contributed by atoms with Gasteiger partial charge in [-0.2, -0.15) is 5.26 Å². The van der Waals surface area contributed by atoms with Crippen molar-refractivity contribution in [1.82, 2.24) is 14.1 Å². The van der Waals surface area contributed by atoms with E-state index in [0.29, 0.717) is 28.2 Å². The first-order chi connectivity index (χ1) is 33.7. The predicted octanol–water partition coefficient (Wildman–Crippen LogP) is 17.0. The average molecular weight is 882 g/mol. The number of hydrogen-bond acceptors (Lipinski definition) is 4. The van der Waals surface area contributed by atoms with Crippen molar-refractivity contribution in [2.75, 3.05) is 0 Å². The van der Waals surface area contributed by atoms with Crippen molar-refractivity contribution in [3.05, 3.63) is 205 Å². The number of pyridine rings is 1. The number of nitrogens with zero attached hydrogens (tertiary/aromatic N) is 5. The van der Waals surface area contributed by atoms with Crippen molar-refractivity contribution in [3.8, 4) is 39.7 Å². The van der Waals surface area contributed by atoms with Crippen molar-refractivity contribution >= 4 is 124 Å². The lowest BCUT2D eigenvalue weighted by atomic mass is 9.88. The molecule has 15 rings (SSSR count). The highest BCUT2D eigenvalue weighted by Crippen LogP contribution is 2.55. The number of thiophene rings is 1. The molecule has 10 aromatic carbocycles. The van der Waals surface area contributed by atoms with Crippen LogP contribution in [0.3, 0.4) is 0 Å². The Morgan fingerprint density at radius 3 is 1.93 bits per heavy atom. The van der Waals surface area contributed by atoms with E-state index in [9.17, 15) is 11.8 Å². The zero-order chi connectivity index (χ0) is 44.8. The first kappa shape index (κ1) is 37.0. The molecule has 5 heterocycles. The van der Waals surface area contributed by atoms with Gasteiger partial charge in [-0.15, -0.1) is 11.3 Å². The molecule has 0 aliphatic rings. The summed E-state index contributed by atoms with van der Waals surface area (Å²) in [6, 6.07) is 65.8. The van der Waals surface area contributed by atoms with Crippen LogP contribution in [0.2, 0.25) is 0 Å². The highest BCUT2D eigenvalue weighted by molar-refractivity contribution is 7.26. The summed E-state index contributed by atoms with van der Waals surface area (Å²) in [5.74, 6) is 0. The summed E-state index contributed by atoms with van der Waals surface area (Å²) in [6.07, 6.45) is 1.86. The third-order valence-corrected chi connectivity index (χ3v) is 15.4. The summed E-state index contributed by atoms with van der Waals surface area (Å²) in [4.78, 5) is 9.51. The first-order valence-electron chi connectivity index (χ1n) is 22.6.